The lowest BCUT2D eigenvalue weighted by molar-refractivity contribution is -0.122. The molecule has 0 bridgehead atoms. The van der Waals surface area contributed by atoms with Crippen molar-refractivity contribution in [2.45, 2.75) is 31.0 Å². The van der Waals surface area contributed by atoms with Gasteiger partial charge in [-0.25, -0.2) is 4.39 Å². The van der Waals surface area contributed by atoms with Crippen molar-refractivity contribution in [1.82, 2.24) is 4.90 Å². The molecule has 3 atom stereocenters. The van der Waals surface area contributed by atoms with Crippen LogP contribution in [0.1, 0.15) is 46.9 Å². The molecule has 1 fully saturated rings. The van der Waals surface area contributed by atoms with Crippen LogP contribution in [-0.4, -0.2) is 40.5 Å². The average molecular weight is 448 g/mol. The van der Waals surface area contributed by atoms with Crippen LogP contribution in [0, 0.1) is 11.7 Å². The summed E-state index contributed by atoms with van der Waals surface area (Å²) >= 11 is 0. The molecule has 33 heavy (non-hydrogen) atoms. The van der Waals surface area contributed by atoms with E-state index in [9.17, 15) is 19.4 Å². The Labute approximate surface area is 194 Å². The molecule has 0 radical (unpaired) electrons. The first-order chi connectivity index (χ1) is 16.0. The number of carbonyl (C=O) groups is 1. The van der Waals surface area contributed by atoms with Crippen LogP contribution >= 0.6 is 0 Å². The van der Waals surface area contributed by atoms with Gasteiger partial charge in [0.05, 0.1) is 11.7 Å². The van der Waals surface area contributed by atoms with E-state index in [0.29, 0.717) is 44.5 Å². The Morgan fingerprint density at radius 2 is 1.64 bits per heavy atom. The van der Waals surface area contributed by atoms with Crippen molar-refractivity contribution in [3.63, 3.8) is 0 Å². The largest absolute Gasteiger partial charge is 0.388 e. The number of hydrogen-bond acceptors (Lipinski definition) is 4. The monoisotopic (exact) mass is 447 g/mol. The van der Waals surface area contributed by atoms with Gasteiger partial charge < -0.3 is 15.1 Å². The van der Waals surface area contributed by atoms with E-state index >= 15 is 0 Å². The van der Waals surface area contributed by atoms with Gasteiger partial charge in [0, 0.05) is 31.0 Å². The van der Waals surface area contributed by atoms with E-state index in [1.807, 2.05) is 60.7 Å². The van der Waals surface area contributed by atoms with Crippen molar-refractivity contribution in [2.75, 3.05) is 19.6 Å². The van der Waals surface area contributed by atoms with Crippen molar-refractivity contribution < 1.29 is 19.4 Å². The number of Topliss-reactive ketones (excluding diaryl/α,β-unsaturated/α-hetero) is 1. The first-order valence-electron chi connectivity index (χ1n) is 11.5. The summed E-state index contributed by atoms with van der Waals surface area (Å²) in [5.74, 6) is -0.772. The van der Waals surface area contributed by atoms with Crippen LogP contribution in [0.25, 0.3) is 0 Å². The van der Waals surface area contributed by atoms with Crippen LogP contribution in [0.4, 0.5) is 4.39 Å². The standard InChI is InChI=1S/C28H30FNO3/c29-24-15-13-21(14-16-24)26(31)12-7-18-30-19-17-28(33,23-10-5-2-6-11-23)25(20-30)27(32)22-8-3-1-4-9-22/h1-6,8-11,13-16,25,27,32-33H,7,12,17-20H2/t25-,27?,28+/m1/s1. The van der Waals surface area contributed by atoms with Gasteiger partial charge in [0.2, 0.25) is 0 Å². The van der Waals surface area contributed by atoms with Crippen LogP contribution in [-0.2, 0) is 5.60 Å². The number of likely N-dealkylation sites (tertiary alicyclic amines) is 1. The Kier molecular flexibility index (Phi) is 7.33. The van der Waals surface area contributed by atoms with E-state index in [2.05, 4.69) is 4.90 Å². The summed E-state index contributed by atoms with van der Waals surface area (Å²) in [6, 6.07) is 24.7. The summed E-state index contributed by atoms with van der Waals surface area (Å²) in [5, 5.41) is 23.0. The smallest absolute Gasteiger partial charge is 0.162 e. The quantitative estimate of drug-likeness (QED) is 0.490. The Morgan fingerprint density at radius 3 is 2.30 bits per heavy atom. The molecule has 5 heteroatoms. The van der Waals surface area contributed by atoms with Crippen LogP contribution in [0.5, 0.6) is 0 Å². The van der Waals surface area contributed by atoms with E-state index in [4.69, 9.17) is 0 Å². The molecule has 1 unspecified atom stereocenters. The number of carbonyl (C=O) groups excluding carboxylic acids is 1. The molecule has 0 amide bonds. The Bertz CT molecular complexity index is 1040. The second kappa shape index (κ2) is 10.4. The molecule has 3 aromatic carbocycles. The molecule has 172 valence electrons. The van der Waals surface area contributed by atoms with E-state index < -0.39 is 17.6 Å². The van der Waals surface area contributed by atoms with E-state index in [0.717, 1.165) is 11.1 Å². The predicted octanol–water partition coefficient (Wildman–Crippen LogP) is 4.73. The summed E-state index contributed by atoms with van der Waals surface area (Å²) in [7, 11) is 0. The molecule has 1 aliphatic heterocycles. The first kappa shape index (κ1) is 23.3. The predicted molar refractivity (Wildman–Crippen MR) is 126 cm³/mol. The van der Waals surface area contributed by atoms with Crippen LogP contribution in [0.2, 0.25) is 0 Å². The molecule has 3 aromatic rings. The van der Waals surface area contributed by atoms with Gasteiger partial charge in [0.15, 0.2) is 5.78 Å². The minimum atomic E-state index is -1.14. The number of aliphatic hydroxyl groups is 2. The molecule has 0 spiro atoms. The molecule has 0 aliphatic carbocycles. The molecule has 2 N–H and O–H groups in total. The fraction of sp³-hybridized carbons (Fsp3) is 0.321. The van der Waals surface area contributed by atoms with Gasteiger partial charge in [0.1, 0.15) is 5.82 Å². The third kappa shape index (κ3) is 5.38. The van der Waals surface area contributed by atoms with Gasteiger partial charge in [0.25, 0.3) is 0 Å². The third-order valence-corrected chi connectivity index (χ3v) is 6.72. The lowest BCUT2D eigenvalue weighted by atomic mass is 9.72. The minimum absolute atomic E-state index is 0.00586. The van der Waals surface area contributed by atoms with Crippen LogP contribution in [0.15, 0.2) is 84.9 Å². The zero-order valence-electron chi connectivity index (χ0n) is 18.6. The zero-order chi connectivity index (χ0) is 23.3. The van der Waals surface area contributed by atoms with Crippen molar-refractivity contribution in [2.24, 2.45) is 5.92 Å². The molecule has 0 aromatic heterocycles. The van der Waals surface area contributed by atoms with Crippen molar-refractivity contribution >= 4 is 5.78 Å². The molecule has 0 saturated carbocycles. The maximum Gasteiger partial charge on any atom is 0.162 e. The molecule has 1 heterocycles. The van der Waals surface area contributed by atoms with Crippen molar-refractivity contribution in [3.8, 4) is 0 Å². The molecule has 1 aliphatic rings. The van der Waals surface area contributed by atoms with Crippen molar-refractivity contribution in [3.05, 3.63) is 107 Å². The van der Waals surface area contributed by atoms with Gasteiger partial charge in [-0.2, -0.15) is 0 Å². The van der Waals surface area contributed by atoms with E-state index in [1.165, 1.54) is 24.3 Å². The van der Waals surface area contributed by atoms with E-state index in [1.54, 1.807) is 0 Å². The maximum atomic E-state index is 13.1. The van der Waals surface area contributed by atoms with Crippen LogP contribution in [0.3, 0.4) is 0 Å². The second-order valence-electron chi connectivity index (χ2n) is 8.84. The number of aliphatic hydroxyl groups excluding tert-OH is 1. The maximum absolute atomic E-state index is 13.1. The third-order valence-electron chi connectivity index (χ3n) is 6.72. The Morgan fingerprint density at radius 1 is 1.00 bits per heavy atom. The lowest BCUT2D eigenvalue weighted by Crippen LogP contribution is -2.52. The summed E-state index contributed by atoms with van der Waals surface area (Å²) in [4.78, 5) is 14.6. The molecular weight excluding hydrogens is 417 g/mol. The number of piperidine rings is 1. The molecule has 4 nitrogen and oxygen atoms in total. The van der Waals surface area contributed by atoms with Crippen LogP contribution < -0.4 is 0 Å². The lowest BCUT2D eigenvalue weighted by Gasteiger charge is -2.47. The summed E-state index contributed by atoms with van der Waals surface area (Å²) < 4.78 is 13.1. The Balaban J connectivity index is 1.45. The first-order valence-corrected chi connectivity index (χ1v) is 11.5. The normalized spacial score (nSPS) is 22.1. The molecular formula is C28H30FNO3. The highest BCUT2D eigenvalue weighted by Crippen LogP contribution is 2.43. The second-order valence-corrected chi connectivity index (χ2v) is 8.84. The SMILES string of the molecule is O=C(CCCN1CC[C@](O)(c2ccccc2)[C@@H](C(O)c2ccccc2)C1)c1ccc(F)cc1. The fourth-order valence-corrected chi connectivity index (χ4v) is 4.81. The highest BCUT2D eigenvalue weighted by Gasteiger charge is 2.46. The van der Waals surface area contributed by atoms with Gasteiger partial charge >= 0.3 is 0 Å². The Hall–Kier alpha value is -2.86. The number of benzene rings is 3. The highest BCUT2D eigenvalue weighted by molar-refractivity contribution is 5.95. The van der Waals surface area contributed by atoms with Gasteiger partial charge in [-0.1, -0.05) is 60.7 Å². The number of halogens is 1. The molecule has 4 rings (SSSR count). The highest BCUT2D eigenvalue weighted by atomic mass is 19.1. The number of rotatable bonds is 8. The number of hydrogen-bond donors (Lipinski definition) is 2. The number of ketones is 1. The van der Waals surface area contributed by atoms with Gasteiger partial charge in [-0.3, -0.25) is 4.79 Å². The fourth-order valence-electron chi connectivity index (χ4n) is 4.81. The number of nitrogens with zero attached hydrogens (tertiary/aromatic N) is 1. The minimum Gasteiger partial charge on any atom is -0.388 e. The zero-order valence-corrected chi connectivity index (χ0v) is 18.6. The average Bonchev–Trinajstić information content (AvgIpc) is 2.86. The summed E-state index contributed by atoms with van der Waals surface area (Å²) in [5.41, 5.74) is 0.976. The topological polar surface area (TPSA) is 60.8 Å². The van der Waals surface area contributed by atoms with Gasteiger partial charge in [-0.15, -0.1) is 0 Å². The van der Waals surface area contributed by atoms with Gasteiger partial charge in [-0.05, 0) is 54.8 Å². The van der Waals surface area contributed by atoms with Crippen molar-refractivity contribution in [1.29, 1.82) is 0 Å². The summed E-state index contributed by atoms with van der Waals surface area (Å²) in [6.45, 7) is 1.89. The van der Waals surface area contributed by atoms with E-state index in [-0.39, 0.29) is 11.6 Å². The summed E-state index contributed by atoms with van der Waals surface area (Å²) in [6.07, 6.45) is 0.711. The molecule has 1 saturated heterocycles.